The van der Waals surface area contributed by atoms with Gasteiger partial charge < -0.3 is 10.8 Å². The number of primary amides is 1. The lowest BCUT2D eigenvalue weighted by molar-refractivity contribution is 0.205. The smallest absolute Gasteiger partial charge is 0.402 e. The zero-order valence-corrected chi connectivity index (χ0v) is 8.82. The summed E-state index contributed by atoms with van der Waals surface area (Å²) >= 11 is 0. The second-order valence-corrected chi connectivity index (χ2v) is 3.40. The SMILES string of the molecule is Cc1ccc(C(C)C)cc1.NC(=O)O. The van der Waals surface area contributed by atoms with E-state index < -0.39 is 6.09 Å². The molecule has 0 aliphatic rings. The minimum absolute atomic E-state index is 0.653. The summed E-state index contributed by atoms with van der Waals surface area (Å²) in [6.07, 6.45) is -1.33. The van der Waals surface area contributed by atoms with Crippen LogP contribution >= 0.6 is 0 Å². The molecule has 3 heteroatoms. The number of carbonyl (C=O) groups is 1. The van der Waals surface area contributed by atoms with Gasteiger partial charge in [0, 0.05) is 0 Å². The van der Waals surface area contributed by atoms with Crippen LogP contribution < -0.4 is 5.73 Å². The Morgan fingerprint density at radius 1 is 1.29 bits per heavy atom. The fourth-order valence-electron chi connectivity index (χ4n) is 0.951. The molecule has 0 aliphatic carbocycles. The third-order valence-corrected chi connectivity index (χ3v) is 1.74. The maximum atomic E-state index is 8.78. The van der Waals surface area contributed by atoms with Gasteiger partial charge in [0.15, 0.2) is 0 Å². The van der Waals surface area contributed by atoms with Crippen molar-refractivity contribution >= 4 is 6.09 Å². The third-order valence-electron chi connectivity index (χ3n) is 1.74. The zero-order chi connectivity index (χ0) is 11.1. The molecule has 1 aromatic carbocycles. The first-order valence-electron chi connectivity index (χ1n) is 4.48. The fraction of sp³-hybridized carbons (Fsp3) is 0.364. The summed E-state index contributed by atoms with van der Waals surface area (Å²) in [5.41, 5.74) is 6.79. The minimum atomic E-state index is -1.33. The van der Waals surface area contributed by atoms with Crippen molar-refractivity contribution in [3.05, 3.63) is 35.4 Å². The monoisotopic (exact) mass is 195 g/mol. The van der Waals surface area contributed by atoms with E-state index in [0.29, 0.717) is 5.92 Å². The van der Waals surface area contributed by atoms with Crippen LogP contribution in [0.5, 0.6) is 0 Å². The first-order valence-corrected chi connectivity index (χ1v) is 4.48. The Morgan fingerprint density at radius 2 is 1.64 bits per heavy atom. The Hall–Kier alpha value is -1.51. The molecule has 3 nitrogen and oxygen atoms in total. The molecule has 1 rings (SSSR count). The molecule has 0 atom stereocenters. The van der Waals surface area contributed by atoms with E-state index in [9.17, 15) is 0 Å². The van der Waals surface area contributed by atoms with E-state index in [2.05, 4.69) is 50.8 Å². The van der Waals surface area contributed by atoms with Gasteiger partial charge in [0.1, 0.15) is 0 Å². The van der Waals surface area contributed by atoms with Gasteiger partial charge in [0.25, 0.3) is 0 Å². The van der Waals surface area contributed by atoms with Crippen molar-refractivity contribution in [3.8, 4) is 0 Å². The maximum absolute atomic E-state index is 8.78. The van der Waals surface area contributed by atoms with E-state index in [1.807, 2.05) is 0 Å². The summed E-state index contributed by atoms with van der Waals surface area (Å²) in [4.78, 5) is 8.78. The highest BCUT2D eigenvalue weighted by Crippen LogP contribution is 2.13. The van der Waals surface area contributed by atoms with E-state index in [0.717, 1.165) is 0 Å². The molecular formula is C11H17NO2. The number of hydrogen-bond donors (Lipinski definition) is 2. The highest BCUT2D eigenvalue weighted by molar-refractivity contribution is 5.61. The standard InChI is InChI=1S/C10H14.CH3NO2/c1-8(2)10-6-4-9(3)5-7-10;2-1(3)4/h4-8H,1-3H3;2H2,(H,3,4). The number of aryl methyl sites for hydroxylation is 1. The molecule has 0 heterocycles. The van der Waals surface area contributed by atoms with Crippen LogP contribution in [0.1, 0.15) is 30.9 Å². The molecule has 0 saturated heterocycles. The van der Waals surface area contributed by atoms with Crippen LogP contribution in [0.4, 0.5) is 4.79 Å². The Kier molecular flexibility index (Phi) is 5.37. The number of nitrogens with two attached hydrogens (primary N) is 1. The molecule has 0 radical (unpaired) electrons. The molecule has 0 bridgehead atoms. The molecule has 14 heavy (non-hydrogen) atoms. The third kappa shape index (κ3) is 6.06. The zero-order valence-electron chi connectivity index (χ0n) is 8.82. The number of amides is 1. The van der Waals surface area contributed by atoms with Gasteiger partial charge in [-0.1, -0.05) is 43.7 Å². The van der Waals surface area contributed by atoms with Crippen LogP contribution in [0.25, 0.3) is 0 Å². The van der Waals surface area contributed by atoms with Crippen molar-refractivity contribution in [2.75, 3.05) is 0 Å². The Labute approximate surface area is 84.6 Å². The van der Waals surface area contributed by atoms with Crippen molar-refractivity contribution in [1.82, 2.24) is 0 Å². The van der Waals surface area contributed by atoms with E-state index in [4.69, 9.17) is 9.90 Å². The molecule has 0 aliphatic heterocycles. The van der Waals surface area contributed by atoms with Crippen molar-refractivity contribution in [3.63, 3.8) is 0 Å². The molecule has 0 saturated carbocycles. The fourth-order valence-corrected chi connectivity index (χ4v) is 0.951. The second-order valence-electron chi connectivity index (χ2n) is 3.40. The van der Waals surface area contributed by atoms with Gasteiger partial charge in [-0.05, 0) is 18.4 Å². The van der Waals surface area contributed by atoms with Gasteiger partial charge in [0.2, 0.25) is 0 Å². The Bertz CT molecular complexity index is 274. The van der Waals surface area contributed by atoms with E-state index in [1.54, 1.807) is 0 Å². The molecule has 0 fully saturated rings. The summed E-state index contributed by atoms with van der Waals surface area (Å²) in [6, 6.07) is 8.71. The molecule has 1 aromatic rings. The first-order chi connectivity index (χ1) is 6.43. The van der Waals surface area contributed by atoms with Crippen molar-refractivity contribution in [2.45, 2.75) is 26.7 Å². The average molecular weight is 195 g/mol. The normalized spacial score (nSPS) is 9.14. The van der Waals surface area contributed by atoms with Crippen LogP contribution in [0.3, 0.4) is 0 Å². The van der Waals surface area contributed by atoms with Crippen molar-refractivity contribution < 1.29 is 9.90 Å². The van der Waals surface area contributed by atoms with E-state index in [-0.39, 0.29) is 0 Å². The number of hydrogen-bond acceptors (Lipinski definition) is 1. The predicted octanol–water partition coefficient (Wildman–Crippen LogP) is 2.74. The number of carboxylic acid groups (broad SMARTS) is 1. The maximum Gasteiger partial charge on any atom is 0.402 e. The number of benzene rings is 1. The average Bonchev–Trinajstić information content (AvgIpc) is 2.03. The van der Waals surface area contributed by atoms with Gasteiger partial charge in [-0.15, -0.1) is 0 Å². The molecule has 0 aromatic heterocycles. The van der Waals surface area contributed by atoms with E-state index >= 15 is 0 Å². The van der Waals surface area contributed by atoms with Crippen LogP contribution in [-0.2, 0) is 0 Å². The van der Waals surface area contributed by atoms with Crippen LogP contribution in [-0.4, -0.2) is 11.2 Å². The molecule has 0 spiro atoms. The van der Waals surface area contributed by atoms with Crippen LogP contribution in [0, 0.1) is 6.92 Å². The molecule has 78 valence electrons. The highest BCUT2D eigenvalue weighted by Gasteiger charge is 1.95. The topological polar surface area (TPSA) is 63.3 Å². The predicted molar refractivity (Wildman–Crippen MR) is 57.5 cm³/mol. The lowest BCUT2D eigenvalue weighted by Crippen LogP contribution is -2.03. The summed E-state index contributed by atoms with van der Waals surface area (Å²) in [5, 5.41) is 7.19. The summed E-state index contributed by atoms with van der Waals surface area (Å²) < 4.78 is 0. The lowest BCUT2D eigenvalue weighted by atomic mass is 10.0. The van der Waals surface area contributed by atoms with Crippen molar-refractivity contribution in [2.24, 2.45) is 5.73 Å². The van der Waals surface area contributed by atoms with Crippen LogP contribution in [0.15, 0.2) is 24.3 Å². The van der Waals surface area contributed by atoms with Crippen molar-refractivity contribution in [1.29, 1.82) is 0 Å². The summed E-state index contributed by atoms with van der Waals surface area (Å²) in [6.45, 7) is 6.54. The van der Waals surface area contributed by atoms with Gasteiger partial charge in [0.05, 0.1) is 0 Å². The van der Waals surface area contributed by atoms with Gasteiger partial charge in [-0.3, -0.25) is 0 Å². The Balaban J connectivity index is 0.000000364. The minimum Gasteiger partial charge on any atom is -0.465 e. The first kappa shape index (κ1) is 12.5. The van der Waals surface area contributed by atoms with Gasteiger partial charge >= 0.3 is 6.09 Å². The molecular weight excluding hydrogens is 178 g/mol. The Morgan fingerprint density at radius 3 is 1.93 bits per heavy atom. The largest absolute Gasteiger partial charge is 0.465 e. The summed E-state index contributed by atoms with van der Waals surface area (Å²) in [5.74, 6) is 0.653. The van der Waals surface area contributed by atoms with Gasteiger partial charge in [-0.2, -0.15) is 0 Å². The number of rotatable bonds is 1. The van der Waals surface area contributed by atoms with E-state index in [1.165, 1.54) is 11.1 Å². The quantitative estimate of drug-likeness (QED) is 0.723. The summed E-state index contributed by atoms with van der Waals surface area (Å²) in [7, 11) is 0. The van der Waals surface area contributed by atoms with Gasteiger partial charge in [-0.25, -0.2) is 4.79 Å². The second kappa shape index (κ2) is 6.02. The molecule has 0 unspecified atom stereocenters. The highest BCUT2D eigenvalue weighted by atomic mass is 16.4. The molecule has 3 N–H and O–H groups in total. The molecule has 1 amide bonds. The lowest BCUT2D eigenvalue weighted by Gasteiger charge is -2.03. The van der Waals surface area contributed by atoms with Crippen LogP contribution in [0.2, 0.25) is 0 Å².